The Morgan fingerprint density at radius 3 is 2.46 bits per heavy atom. The summed E-state index contributed by atoms with van der Waals surface area (Å²) in [6.07, 6.45) is 0. The SMILES string of the molecule is COc1c(F)ccc(C(F)Br)c1F. The molecule has 13 heavy (non-hydrogen) atoms. The molecular formula is C8H6BrF3O. The van der Waals surface area contributed by atoms with Crippen molar-refractivity contribution >= 4 is 15.9 Å². The fourth-order valence-electron chi connectivity index (χ4n) is 0.903. The largest absolute Gasteiger partial charge is 0.491 e. The second-order valence-corrected chi connectivity index (χ2v) is 3.09. The Labute approximate surface area is 81.6 Å². The molecule has 0 saturated heterocycles. The van der Waals surface area contributed by atoms with E-state index in [2.05, 4.69) is 20.7 Å². The van der Waals surface area contributed by atoms with Crippen LogP contribution in [0.2, 0.25) is 0 Å². The van der Waals surface area contributed by atoms with Crippen molar-refractivity contribution in [3.63, 3.8) is 0 Å². The molecule has 1 atom stereocenters. The zero-order chi connectivity index (χ0) is 10.0. The molecule has 0 aliphatic rings. The molecule has 0 aliphatic carbocycles. The van der Waals surface area contributed by atoms with Gasteiger partial charge in [0.25, 0.3) is 0 Å². The number of benzene rings is 1. The molecule has 1 aromatic rings. The Morgan fingerprint density at radius 1 is 1.38 bits per heavy atom. The molecule has 72 valence electrons. The number of halogens is 4. The number of alkyl halides is 2. The van der Waals surface area contributed by atoms with Gasteiger partial charge in [0, 0.05) is 5.56 Å². The lowest BCUT2D eigenvalue weighted by Gasteiger charge is -2.07. The van der Waals surface area contributed by atoms with Crippen LogP contribution in [-0.4, -0.2) is 7.11 Å². The molecule has 0 N–H and O–H groups in total. The van der Waals surface area contributed by atoms with Gasteiger partial charge in [0.15, 0.2) is 22.5 Å². The van der Waals surface area contributed by atoms with Crippen LogP contribution in [0.4, 0.5) is 13.2 Å². The summed E-state index contributed by atoms with van der Waals surface area (Å²) >= 11 is 2.54. The van der Waals surface area contributed by atoms with E-state index in [1.807, 2.05) is 0 Å². The quantitative estimate of drug-likeness (QED) is 0.736. The Hall–Kier alpha value is -0.710. The van der Waals surface area contributed by atoms with E-state index in [9.17, 15) is 13.2 Å². The summed E-state index contributed by atoms with van der Waals surface area (Å²) in [6.45, 7) is 0. The molecule has 1 rings (SSSR count). The molecule has 0 aliphatic heterocycles. The third-order valence-corrected chi connectivity index (χ3v) is 2.01. The van der Waals surface area contributed by atoms with Crippen molar-refractivity contribution in [3.05, 3.63) is 29.3 Å². The average molecular weight is 255 g/mol. The van der Waals surface area contributed by atoms with Gasteiger partial charge in [0.1, 0.15) is 0 Å². The molecule has 1 nitrogen and oxygen atoms in total. The number of ether oxygens (including phenoxy) is 1. The fraction of sp³-hybridized carbons (Fsp3) is 0.250. The Balaban J connectivity index is 3.27. The van der Waals surface area contributed by atoms with Crippen molar-refractivity contribution in [1.29, 1.82) is 0 Å². The molecular weight excluding hydrogens is 249 g/mol. The van der Waals surface area contributed by atoms with E-state index in [0.29, 0.717) is 0 Å². The van der Waals surface area contributed by atoms with Crippen molar-refractivity contribution < 1.29 is 17.9 Å². The van der Waals surface area contributed by atoms with Crippen molar-refractivity contribution in [2.75, 3.05) is 7.11 Å². The number of hydrogen-bond donors (Lipinski definition) is 0. The van der Waals surface area contributed by atoms with Crippen LogP contribution >= 0.6 is 15.9 Å². The Bertz CT molecular complexity index is 315. The van der Waals surface area contributed by atoms with Crippen molar-refractivity contribution in [2.24, 2.45) is 0 Å². The van der Waals surface area contributed by atoms with E-state index in [1.54, 1.807) is 0 Å². The number of hydrogen-bond acceptors (Lipinski definition) is 1. The minimum absolute atomic E-state index is 0.279. The van der Waals surface area contributed by atoms with Gasteiger partial charge in [0.2, 0.25) is 0 Å². The maximum absolute atomic E-state index is 13.1. The van der Waals surface area contributed by atoms with Gasteiger partial charge in [-0.05, 0) is 28.1 Å². The minimum atomic E-state index is -1.66. The van der Waals surface area contributed by atoms with Crippen LogP contribution in [-0.2, 0) is 0 Å². The van der Waals surface area contributed by atoms with Crippen LogP contribution in [0.1, 0.15) is 10.6 Å². The summed E-state index contributed by atoms with van der Waals surface area (Å²) in [7, 11) is 1.12. The lowest BCUT2D eigenvalue weighted by molar-refractivity contribution is 0.352. The van der Waals surface area contributed by atoms with Gasteiger partial charge < -0.3 is 4.74 Å². The fourth-order valence-corrected chi connectivity index (χ4v) is 1.26. The maximum atomic E-state index is 13.1. The van der Waals surface area contributed by atoms with E-state index >= 15 is 0 Å². The third-order valence-electron chi connectivity index (χ3n) is 1.52. The zero-order valence-electron chi connectivity index (χ0n) is 6.65. The highest BCUT2D eigenvalue weighted by molar-refractivity contribution is 9.09. The predicted molar refractivity (Wildman–Crippen MR) is 45.7 cm³/mol. The smallest absolute Gasteiger partial charge is 0.190 e. The third kappa shape index (κ3) is 1.96. The van der Waals surface area contributed by atoms with E-state index in [0.717, 1.165) is 19.2 Å². The van der Waals surface area contributed by atoms with Gasteiger partial charge >= 0.3 is 0 Å². The van der Waals surface area contributed by atoms with Crippen LogP contribution in [0, 0.1) is 11.6 Å². The first-order chi connectivity index (χ1) is 6.07. The van der Waals surface area contributed by atoms with Crippen LogP contribution < -0.4 is 4.74 Å². The second-order valence-electron chi connectivity index (χ2n) is 2.28. The summed E-state index contributed by atoms with van der Waals surface area (Å²) < 4.78 is 43.0. The zero-order valence-corrected chi connectivity index (χ0v) is 8.24. The van der Waals surface area contributed by atoms with Crippen LogP contribution in [0.15, 0.2) is 12.1 Å². The molecule has 0 spiro atoms. The first kappa shape index (κ1) is 10.4. The molecule has 0 radical (unpaired) electrons. The topological polar surface area (TPSA) is 9.23 Å². The van der Waals surface area contributed by atoms with Gasteiger partial charge in [-0.15, -0.1) is 0 Å². The van der Waals surface area contributed by atoms with Crippen molar-refractivity contribution in [2.45, 2.75) is 5.08 Å². The van der Waals surface area contributed by atoms with Gasteiger partial charge in [-0.3, -0.25) is 0 Å². The molecule has 0 heterocycles. The summed E-state index contributed by atoms with van der Waals surface area (Å²) in [5.74, 6) is -2.44. The monoisotopic (exact) mass is 254 g/mol. The lowest BCUT2D eigenvalue weighted by atomic mass is 10.2. The Kier molecular flexibility index (Phi) is 3.19. The highest BCUT2D eigenvalue weighted by Crippen LogP contribution is 2.32. The van der Waals surface area contributed by atoms with Crippen LogP contribution in [0.25, 0.3) is 0 Å². The van der Waals surface area contributed by atoms with E-state index < -0.39 is 22.5 Å². The summed E-state index contributed by atoms with van der Waals surface area (Å²) in [5.41, 5.74) is -0.279. The number of rotatable bonds is 2. The van der Waals surface area contributed by atoms with Gasteiger partial charge in [0.05, 0.1) is 7.11 Å². The minimum Gasteiger partial charge on any atom is -0.491 e. The summed E-state index contributed by atoms with van der Waals surface area (Å²) in [4.78, 5) is 0. The molecule has 0 fully saturated rings. The van der Waals surface area contributed by atoms with E-state index in [-0.39, 0.29) is 5.56 Å². The maximum Gasteiger partial charge on any atom is 0.190 e. The molecule has 0 bridgehead atoms. The van der Waals surface area contributed by atoms with Crippen LogP contribution in [0.3, 0.4) is 0 Å². The standard InChI is InChI=1S/C8H6BrF3O/c1-13-7-5(10)3-2-4(6(7)11)8(9)12/h2-3,8H,1H3. The van der Waals surface area contributed by atoms with Gasteiger partial charge in [-0.25, -0.2) is 13.2 Å². The average Bonchev–Trinajstić information content (AvgIpc) is 2.04. The highest BCUT2D eigenvalue weighted by atomic mass is 79.9. The molecule has 0 aromatic heterocycles. The van der Waals surface area contributed by atoms with E-state index in [1.165, 1.54) is 0 Å². The Morgan fingerprint density at radius 2 is 2.00 bits per heavy atom. The predicted octanol–water partition coefficient (Wildman–Crippen LogP) is 3.34. The number of methoxy groups -OCH3 is 1. The molecule has 1 unspecified atom stereocenters. The molecule has 0 amide bonds. The molecule has 0 saturated carbocycles. The van der Waals surface area contributed by atoms with Gasteiger partial charge in [-0.1, -0.05) is 0 Å². The first-order valence-electron chi connectivity index (χ1n) is 3.38. The summed E-state index contributed by atoms with van der Waals surface area (Å²) in [5, 5.41) is -1.66. The van der Waals surface area contributed by atoms with E-state index in [4.69, 9.17) is 0 Å². The highest BCUT2D eigenvalue weighted by Gasteiger charge is 2.18. The van der Waals surface area contributed by atoms with Gasteiger partial charge in [-0.2, -0.15) is 0 Å². The summed E-state index contributed by atoms with van der Waals surface area (Å²) in [6, 6.07) is 1.97. The first-order valence-corrected chi connectivity index (χ1v) is 4.29. The van der Waals surface area contributed by atoms with Crippen molar-refractivity contribution in [1.82, 2.24) is 0 Å². The normalized spacial score (nSPS) is 12.7. The second kappa shape index (κ2) is 4.00. The molecule has 5 heteroatoms. The molecule has 1 aromatic carbocycles. The van der Waals surface area contributed by atoms with Crippen molar-refractivity contribution in [3.8, 4) is 5.75 Å². The lowest BCUT2D eigenvalue weighted by Crippen LogP contribution is -1.97. The van der Waals surface area contributed by atoms with Crippen LogP contribution in [0.5, 0.6) is 5.75 Å².